The Morgan fingerprint density at radius 1 is 1.16 bits per heavy atom. The topological polar surface area (TPSA) is 67.4 Å². The normalized spacial score (nSPS) is 11.3. The first-order valence-electron chi connectivity index (χ1n) is 8.46. The van der Waals surface area contributed by atoms with Gasteiger partial charge < -0.3 is 10.1 Å². The third-order valence-electron chi connectivity index (χ3n) is 3.90. The number of thiophene rings is 1. The predicted molar refractivity (Wildman–Crippen MR) is 105 cm³/mol. The Hall–Kier alpha value is -1.73. The van der Waals surface area contributed by atoms with Crippen LogP contribution in [0.4, 0.5) is 11.4 Å². The van der Waals surface area contributed by atoms with Crippen LogP contribution in [0.15, 0.2) is 34.5 Å². The maximum atomic E-state index is 12.5. The van der Waals surface area contributed by atoms with Crippen molar-refractivity contribution in [2.45, 2.75) is 44.4 Å². The average Bonchev–Trinajstić information content (AvgIpc) is 3.02. The maximum Gasteiger partial charge on any atom is 0.262 e. The molecule has 2 rings (SSSR count). The number of ether oxygens (including phenoxy) is 1. The van der Waals surface area contributed by atoms with Crippen molar-refractivity contribution < 1.29 is 13.2 Å². The highest BCUT2D eigenvalue weighted by molar-refractivity contribution is 7.93. The third-order valence-corrected chi connectivity index (χ3v) is 6.40. The van der Waals surface area contributed by atoms with Gasteiger partial charge in [0.15, 0.2) is 0 Å². The van der Waals surface area contributed by atoms with Gasteiger partial charge in [-0.25, -0.2) is 8.42 Å². The molecule has 1 aromatic heterocycles. The highest BCUT2D eigenvalue weighted by Gasteiger charge is 2.18. The number of anilines is 2. The van der Waals surface area contributed by atoms with Crippen molar-refractivity contribution in [1.82, 2.24) is 0 Å². The fourth-order valence-corrected chi connectivity index (χ4v) is 4.86. The van der Waals surface area contributed by atoms with E-state index in [1.165, 1.54) is 30.6 Å². The Kier molecular flexibility index (Phi) is 7.13. The summed E-state index contributed by atoms with van der Waals surface area (Å²) in [6.45, 7) is 4.86. The van der Waals surface area contributed by atoms with E-state index in [2.05, 4.69) is 17.0 Å². The number of hydrogen-bond donors (Lipinski definition) is 2. The molecule has 0 fully saturated rings. The van der Waals surface area contributed by atoms with Crippen LogP contribution >= 0.6 is 11.3 Å². The molecule has 0 amide bonds. The van der Waals surface area contributed by atoms with E-state index in [1.54, 1.807) is 37.6 Å². The van der Waals surface area contributed by atoms with Gasteiger partial charge in [-0.2, -0.15) is 0 Å². The van der Waals surface area contributed by atoms with Crippen LogP contribution in [-0.4, -0.2) is 22.1 Å². The molecule has 0 aliphatic rings. The smallest absolute Gasteiger partial charge is 0.262 e. The lowest BCUT2D eigenvalue weighted by molar-refractivity contribution is 0.416. The lowest BCUT2D eigenvalue weighted by atomic mass is 10.2. The second-order valence-corrected chi connectivity index (χ2v) is 8.62. The minimum Gasteiger partial charge on any atom is -0.495 e. The van der Waals surface area contributed by atoms with Crippen LogP contribution in [0.2, 0.25) is 0 Å². The van der Waals surface area contributed by atoms with Crippen LogP contribution in [0.5, 0.6) is 5.75 Å². The minimum atomic E-state index is -3.58. The first kappa shape index (κ1) is 19.6. The maximum absolute atomic E-state index is 12.5. The quantitative estimate of drug-likeness (QED) is 0.576. The van der Waals surface area contributed by atoms with E-state index in [0.29, 0.717) is 16.3 Å². The molecule has 0 bridgehead atoms. The lowest BCUT2D eigenvalue weighted by Gasteiger charge is -2.14. The van der Waals surface area contributed by atoms with Crippen LogP contribution in [0.1, 0.15) is 37.5 Å². The molecule has 138 valence electrons. The summed E-state index contributed by atoms with van der Waals surface area (Å²) in [5, 5.41) is 5.12. The summed E-state index contributed by atoms with van der Waals surface area (Å²) in [7, 11) is -2.00. The van der Waals surface area contributed by atoms with Crippen LogP contribution in [-0.2, 0) is 10.0 Å². The molecule has 1 aromatic carbocycles. The van der Waals surface area contributed by atoms with Crippen molar-refractivity contribution in [1.29, 1.82) is 0 Å². The van der Waals surface area contributed by atoms with Gasteiger partial charge in [-0.05, 0) is 36.9 Å². The van der Waals surface area contributed by atoms with E-state index in [-0.39, 0.29) is 0 Å². The van der Waals surface area contributed by atoms with Crippen LogP contribution in [0.25, 0.3) is 0 Å². The molecule has 0 radical (unpaired) electrons. The van der Waals surface area contributed by atoms with Gasteiger partial charge in [0.05, 0.1) is 18.5 Å². The summed E-state index contributed by atoms with van der Waals surface area (Å²) in [4.78, 5) is 1.08. The summed E-state index contributed by atoms with van der Waals surface area (Å²) in [6.07, 6.45) is 4.75. The van der Waals surface area contributed by atoms with E-state index in [0.717, 1.165) is 23.5 Å². The molecule has 0 saturated carbocycles. The first-order chi connectivity index (χ1) is 12.0. The molecule has 1 heterocycles. The number of methoxy groups -OCH3 is 1. The zero-order valence-electron chi connectivity index (χ0n) is 15.0. The highest BCUT2D eigenvalue weighted by atomic mass is 32.2. The molecule has 0 aliphatic carbocycles. The zero-order valence-corrected chi connectivity index (χ0v) is 16.6. The van der Waals surface area contributed by atoms with Crippen molar-refractivity contribution in [2.24, 2.45) is 0 Å². The number of sulfonamides is 1. The first-order valence-corrected chi connectivity index (χ1v) is 10.8. The van der Waals surface area contributed by atoms with Gasteiger partial charge >= 0.3 is 0 Å². The van der Waals surface area contributed by atoms with E-state index in [9.17, 15) is 8.42 Å². The fourth-order valence-electron chi connectivity index (χ4n) is 2.54. The largest absolute Gasteiger partial charge is 0.495 e. The Balaban J connectivity index is 2.07. The standard InChI is InChI=1S/C18H26N2O3S2/c1-4-5-6-7-11-19-16-9-8-15(13-17(16)23-3)20-25(21,22)18-10-12-24-14(18)2/h8-10,12-13,19-20H,4-7,11H2,1-3H3. The van der Waals surface area contributed by atoms with Crippen LogP contribution in [0.3, 0.4) is 0 Å². The number of aryl methyl sites for hydroxylation is 1. The zero-order chi connectivity index (χ0) is 18.3. The number of benzene rings is 1. The molecule has 7 heteroatoms. The number of rotatable bonds is 10. The molecule has 25 heavy (non-hydrogen) atoms. The number of nitrogens with one attached hydrogen (secondary N) is 2. The fraction of sp³-hybridized carbons (Fsp3) is 0.444. The van der Waals surface area contributed by atoms with Crippen molar-refractivity contribution in [2.75, 3.05) is 23.7 Å². The van der Waals surface area contributed by atoms with E-state index in [1.807, 2.05) is 6.07 Å². The van der Waals surface area contributed by atoms with Crippen molar-refractivity contribution >= 4 is 32.7 Å². The molecular weight excluding hydrogens is 356 g/mol. The molecule has 0 aliphatic heterocycles. The Morgan fingerprint density at radius 3 is 2.60 bits per heavy atom. The summed E-state index contributed by atoms with van der Waals surface area (Å²) < 4.78 is 33.0. The molecule has 2 aromatic rings. The summed E-state index contributed by atoms with van der Waals surface area (Å²) in [6, 6.07) is 6.91. The SMILES string of the molecule is CCCCCCNc1ccc(NS(=O)(=O)c2ccsc2C)cc1OC. The second kappa shape index (κ2) is 9.10. The average molecular weight is 383 g/mol. The van der Waals surface area contributed by atoms with Crippen molar-refractivity contribution in [3.8, 4) is 5.75 Å². The molecule has 0 unspecified atom stereocenters. The molecular formula is C18H26N2O3S2. The molecule has 2 N–H and O–H groups in total. The minimum absolute atomic E-state index is 0.314. The third kappa shape index (κ3) is 5.37. The molecule has 0 spiro atoms. The van der Waals surface area contributed by atoms with E-state index >= 15 is 0 Å². The van der Waals surface area contributed by atoms with Gasteiger partial charge in [0.2, 0.25) is 0 Å². The van der Waals surface area contributed by atoms with Crippen LogP contribution < -0.4 is 14.8 Å². The van der Waals surface area contributed by atoms with E-state index < -0.39 is 10.0 Å². The van der Waals surface area contributed by atoms with Gasteiger partial charge in [-0.1, -0.05) is 26.2 Å². The highest BCUT2D eigenvalue weighted by Crippen LogP contribution is 2.30. The Morgan fingerprint density at radius 2 is 1.96 bits per heavy atom. The van der Waals surface area contributed by atoms with Crippen molar-refractivity contribution in [3.05, 3.63) is 34.5 Å². The van der Waals surface area contributed by atoms with Gasteiger partial charge in [-0.3, -0.25) is 4.72 Å². The Labute approximate surface area is 154 Å². The predicted octanol–water partition coefficient (Wildman–Crippen LogP) is 4.86. The molecule has 5 nitrogen and oxygen atoms in total. The van der Waals surface area contributed by atoms with Crippen molar-refractivity contribution in [3.63, 3.8) is 0 Å². The van der Waals surface area contributed by atoms with Crippen LogP contribution in [0, 0.1) is 6.92 Å². The van der Waals surface area contributed by atoms with Gasteiger partial charge in [-0.15, -0.1) is 11.3 Å². The summed E-state index contributed by atoms with van der Waals surface area (Å²) in [5.41, 5.74) is 1.35. The van der Waals surface area contributed by atoms with E-state index in [4.69, 9.17) is 4.74 Å². The summed E-state index contributed by atoms with van der Waals surface area (Å²) >= 11 is 1.41. The van der Waals surface area contributed by atoms with Gasteiger partial charge in [0, 0.05) is 17.5 Å². The Bertz CT molecular complexity index is 785. The second-order valence-electron chi connectivity index (χ2n) is 5.85. The monoisotopic (exact) mass is 382 g/mol. The molecule has 0 atom stereocenters. The number of hydrogen-bond acceptors (Lipinski definition) is 5. The lowest BCUT2D eigenvalue weighted by Crippen LogP contribution is -2.13. The number of unbranched alkanes of at least 4 members (excludes halogenated alkanes) is 3. The summed E-state index contributed by atoms with van der Waals surface area (Å²) in [5.74, 6) is 0.623. The van der Waals surface area contributed by atoms with Gasteiger partial charge in [0.25, 0.3) is 10.0 Å². The molecule has 0 saturated heterocycles. The van der Waals surface area contributed by atoms with Gasteiger partial charge in [0.1, 0.15) is 10.6 Å².